The number of aliphatic hydroxyl groups excluding tert-OH is 3. The van der Waals surface area contributed by atoms with Gasteiger partial charge >= 0.3 is 0 Å². The van der Waals surface area contributed by atoms with Gasteiger partial charge in [-0.1, -0.05) is 11.8 Å². The molecule has 2 aliphatic rings. The maximum atomic E-state index is 12.0. The number of nitrogens with one attached hydrogen (secondary N) is 1. The summed E-state index contributed by atoms with van der Waals surface area (Å²) in [5.74, 6) is 0. The molecule has 0 aromatic heterocycles. The number of hydrogen-bond acceptors (Lipinski definition) is 6. The molecule has 0 amide bonds. The molecule has 0 aromatic carbocycles. The monoisotopic (exact) mass is 294 g/mol. The Kier molecular flexibility index (Phi) is 5.02. The van der Waals surface area contributed by atoms with Gasteiger partial charge in [0.05, 0.1) is 18.8 Å². The van der Waals surface area contributed by atoms with Crippen LogP contribution in [-0.2, 0) is 4.74 Å². The highest BCUT2D eigenvalue weighted by Gasteiger charge is 2.50. The molecule has 0 spiro atoms. The van der Waals surface area contributed by atoms with Gasteiger partial charge in [0, 0.05) is 6.54 Å². The maximum Gasteiger partial charge on any atom is 0.159 e. The Labute approximate surface area is 115 Å². The summed E-state index contributed by atoms with van der Waals surface area (Å²) in [5, 5.41) is 33.0. The fourth-order valence-corrected chi connectivity index (χ4v) is 3.30. The van der Waals surface area contributed by atoms with Gasteiger partial charge in [-0.05, 0) is 13.3 Å². The van der Waals surface area contributed by atoms with Crippen molar-refractivity contribution in [1.29, 1.82) is 0 Å². The van der Waals surface area contributed by atoms with Crippen LogP contribution in [0.5, 0.6) is 0 Å². The van der Waals surface area contributed by atoms with Crippen molar-refractivity contribution in [2.45, 2.75) is 49.2 Å². The van der Waals surface area contributed by atoms with E-state index >= 15 is 0 Å². The number of aliphatic hydroxyl groups is 3. The van der Waals surface area contributed by atoms with E-state index in [9.17, 15) is 19.7 Å². The molecule has 2 aliphatic heterocycles. The van der Waals surface area contributed by atoms with Gasteiger partial charge in [0.25, 0.3) is 0 Å². The zero-order valence-corrected chi connectivity index (χ0v) is 11.4. The van der Waals surface area contributed by atoms with Crippen molar-refractivity contribution >= 4 is 16.9 Å². The normalized spacial score (nSPS) is 41.9. The number of thioether (sulfide) groups is 1. The number of fused-ring (bicyclic) bond motifs is 1. The van der Waals surface area contributed by atoms with Crippen molar-refractivity contribution in [1.82, 2.24) is 5.32 Å². The van der Waals surface area contributed by atoms with E-state index in [2.05, 4.69) is 10.3 Å². The number of halogens is 1. The maximum absolute atomic E-state index is 12.0. The fraction of sp³-hybridized carbons (Fsp3) is 0.909. The summed E-state index contributed by atoms with van der Waals surface area (Å²) in [5.41, 5.74) is -0.415. The molecule has 0 aromatic rings. The quantitative estimate of drug-likeness (QED) is 0.509. The first-order valence-electron chi connectivity index (χ1n) is 6.28. The van der Waals surface area contributed by atoms with Gasteiger partial charge in [0.2, 0.25) is 0 Å². The number of aliphatic imine (C=N–C) groups is 1. The summed E-state index contributed by atoms with van der Waals surface area (Å²) in [6, 6.07) is -0.473. The van der Waals surface area contributed by atoms with E-state index in [-0.39, 0.29) is 0 Å². The standard InChI is InChI=1S/C11H19FN2O4S/c1-5(15)9-8(17)7(16)6-10(18-9)19-11(14-6)13-4-2-3-12/h5-10,15-17H,2-4H2,1H3,(H,13,14). The number of ether oxygens (including phenoxy) is 1. The molecule has 8 heteroatoms. The first-order chi connectivity index (χ1) is 9.04. The van der Waals surface area contributed by atoms with Crippen molar-refractivity contribution in [2.24, 2.45) is 4.99 Å². The highest BCUT2D eigenvalue weighted by atomic mass is 32.2. The van der Waals surface area contributed by atoms with E-state index in [1.807, 2.05) is 0 Å². The molecule has 0 aliphatic carbocycles. The average molecular weight is 294 g/mol. The predicted octanol–water partition coefficient (Wildman–Crippen LogP) is -0.766. The van der Waals surface area contributed by atoms with Crippen molar-refractivity contribution in [3.8, 4) is 0 Å². The van der Waals surface area contributed by atoms with Crippen LogP contribution in [0.25, 0.3) is 0 Å². The third-order valence-corrected chi connectivity index (χ3v) is 4.29. The van der Waals surface area contributed by atoms with Gasteiger partial charge in [0.1, 0.15) is 23.7 Å². The highest BCUT2D eigenvalue weighted by Crippen LogP contribution is 2.34. The van der Waals surface area contributed by atoms with Crippen LogP contribution in [0.3, 0.4) is 0 Å². The number of amidine groups is 1. The third kappa shape index (κ3) is 3.19. The first kappa shape index (κ1) is 15.0. The summed E-state index contributed by atoms with van der Waals surface area (Å²) in [4.78, 5) is 4.16. The smallest absolute Gasteiger partial charge is 0.159 e. The van der Waals surface area contributed by atoms with E-state index in [1.54, 1.807) is 0 Å². The molecular formula is C11H19FN2O4S. The van der Waals surface area contributed by atoms with Crippen molar-refractivity contribution in [2.75, 3.05) is 13.2 Å². The minimum atomic E-state index is -1.15. The second-order valence-corrected chi connectivity index (χ2v) is 5.80. The molecule has 0 saturated carbocycles. The number of rotatable bonds is 4. The number of nitrogens with zero attached hydrogens (tertiary/aromatic N) is 1. The van der Waals surface area contributed by atoms with Crippen LogP contribution in [0.4, 0.5) is 4.39 Å². The highest BCUT2D eigenvalue weighted by molar-refractivity contribution is 8.14. The van der Waals surface area contributed by atoms with Gasteiger partial charge in [-0.3, -0.25) is 9.38 Å². The average Bonchev–Trinajstić information content (AvgIpc) is 2.77. The molecule has 2 rings (SSSR count). The number of alkyl halides is 1. The molecule has 6 nitrogen and oxygen atoms in total. The lowest BCUT2D eigenvalue weighted by Crippen LogP contribution is -2.61. The van der Waals surface area contributed by atoms with Crippen LogP contribution >= 0.6 is 11.8 Å². The van der Waals surface area contributed by atoms with Gasteiger partial charge < -0.3 is 25.4 Å². The lowest BCUT2D eigenvalue weighted by Gasteiger charge is -2.40. The molecule has 0 radical (unpaired) electrons. The molecule has 6 unspecified atom stereocenters. The topological polar surface area (TPSA) is 94.3 Å². The molecule has 2 saturated heterocycles. The number of hydrogen-bond donors (Lipinski definition) is 4. The zero-order chi connectivity index (χ0) is 14.0. The van der Waals surface area contributed by atoms with Crippen LogP contribution in [0.15, 0.2) is 4.99 Å². The van der Waals surface area contributed by atoms with Crippen LogP contribution < -0.4 is 5.32 Å². The van der Waals surface area contributed by atoms with Crippen LogP contribution in [0.2, 0.25) is 0 Å². The van der Waals surface area contributed by atoms with E-state index in [4.69, 9.17) is 4.74 Å². The van der Waals surface area contributed by atoms with Gasteiger partial charge in [0.15, 0.2) is 5.17 Å². The summed E-state index contributed by atoms with van der Waals surface area (Å²) in [6.07, 6.45) is -3.54. The SMILES string of the molecule is CC(O)C1OC2SC(=NCCCF)NC2C(O)C1O. The Morgan fingerprint density at radius 3 is 2.84 bits per heavy atom. The minimum absolute atomic E-state index is 0.351. The zero-order valence-electron chi connectivity index (χ0n) is 10.6. The summed E-state index contributed by atoms with van der Waals surface area (Å²) >= 11 is 1.28. The Balaban J connectivity index is 2.01. The Hall–Kier alpha value is -0.410. The molecule has 0 bridgehead atoms. The van der Waals surface area contributed by atoms with E-state index < -0.39 is 42.6 Å². The van der Waals surface area contributed by atoms with Gasteiger partial charge in [-0.2, -0.15) is 0 Å². The Bertz CT molecular complexity index is 345. The lowest BCUT2D eigenvalue weighted by molar-refractivity contribution is -0.184. The van der Waals surface area contributed by atoms with Crippen molar-refractivity contribution < 1.29 is 24.4 Å². The van der Waals surface area contributed by atoms with Gasteiger partial charge in [-0.15, -0.1) is 0 Å². The predicted molar refractivity (Wildman–Crippen MR) is 69.8 cm³/mol. The van der Waals surface area contributed by atoms with E-state index in [1.165, 1.54) is 18.7 Å². The molecule has 19 heavy (non-hydrogen) atoms. The van der Waals surface area contributed by atoms with Crippen LogP contribution in [-0.4, -0.2) is 69.6 Å². The molecule has 4 N–H and O–H groups in total. The second kappa shape index (κ2) is 6.36. The van der Waals surface area contributed by atoms with Crippen molar-refractivity contribution in [3.63, 3.8) is 0 Å². The summed E-state index contributed by atoms with van der Waals surface area (Å²) < 4.78 is 17.6. The molecule has 6 atom stereocenters. The largest absolute Gasteiger partial charge is 0.391 e. The van der Waals surface area contributed by atoms with Crippen LogP contribution in [0, 0.1) is 0 Å². The molecule has 2 heterocycles. The summed E-state index contributed by atoms with van der Waals surface area (Å²) in [6.45, 7) is 1.45. The second-order valence-electron chi connectivity index (χ2n) is 4.71. The molecule has 110 valence electrons. The lowest BCUT2D eigenvalue weighted by atomic mass is 9.95. The molecular weight excluding hydrogens is 275 g/mol. The fourth-order valence-electron chi connectivity index (χ4n) is 2.15. The summed E-state index contributed by atoms with van der Waals surface area (Å²) in [7, 11) is 0. The molecule has 2 fully saturated rings. The van der Waals surface area contributed by atoms with Crippen LogP contribution in [0.1, 0.15) is 13.3 Å². The third-order valence-electron chi connectivity index (χ3n) is 3.18. The Morgan fingerprint density at radius 1 is 1.47 bits per heavy atom. The van der Waals surface area contributed by atoms with Crippen molar-refractivity contribution in [3.05, 3.63) is 0 Å². The van der Waals surface area contributed by atoms with E-state index in [0.717, 1.165) is 0 Å². The van der Waals surface area contributed by atoms with E-state index in [0.29, 0.717) is 18.1 Å². The first-order valence-corrected chi connectivity index (χ1v) is 7.16. The Morgan fingerprint density at radius 2 is 2.21 bits per heavy atom. The minimum Gasteiger partial charge on any atom is -0.391 e. The van der Waals surface area contributed by atoms with Gasteiger partial charge in [-0.25, -0.2) is 0 Å².